The molecular weight excluding hydrogens is 394 g/mol. The third-order valence-electron chi connectivity index (χ3n) is 5.43. The maximum absolute atomic E-state index is 9.41. The van der Waals surface area contributed by atoms with E-state index >= 15 is 0 Å². The van der Waals surface area contributed by atoms with Crippen LogP contribution in [-0.2, 0) is 0 Å². The van der Waals surface area contributed by atoms with Crippen molar-refractivity contribution in [1.29, 1.82) is 10.5 Å². The highest BCUT2D eigenvalue weighted by atomic mass is 15.0. The standard InChI is InChI=1S/C27H21N5/c1-4-5-9-26-19(3)22-8-6-7-10-27(22)32(26)21-13-11-20(12-14-21)23-15-18(2)30-24(16-28)25(17-29)31-23/h4-14H,1,15H2,2-3H3/b9-5-. The SMILES string of the molecule is C=C/C=C\c1c(C)c2ccccc2n1-c1ccc(C2=NC(C#N)=C(C#N)N=C(C)C2)cc1. The minimum Gasteiger partial charge on any atom is -0.310 e. The molecule has 0 saturated carbocycles. The summed E-state index contributed by atoms with van der Waals surface area (Å²) in [4.78, 5) is 8.69. The molecular formula is C27H21N5. The molecule has 3 aromatic rings. The largest absolute Gasteiger partial charge is 0.310 e. The first-order valence-electron chi connectivity index (χ1n) is 10.2. The fourth-order valence-electron chi connectivity index (χ4n) is 3.94. The second-order valence-electron chi connectivity index (χ2n) is 7.51. The number of benzene rings is 2. The summed E-state index contributed by atoms with van der Waals surface area (Å²) in [5, 5.41) is 19.9. The molecule has 2 heterocycles. The number of nitriles is 2. The van der Waals surface area contributed by atoms with Gasteiger partial charge in [0.25, 0.3) is 0 Å². The molecule has 2 aromatic carbocycles. The monoisotopic (exact) mass is 415 g/mol. The molecule has 0 aliphatic carbocycles. The maximum Gasteiger partial charge on any atom is 0.177 e. The highest BCUT2D eigenvalue weighted by Gasteiger charge is 2.16. The molecule has 154 valence electrons. The van der Waals surface area contributed by atoms with Crippen molar-refractivity contribution < 1.29 is 0 Å². The van der Waals surface area contributed by atoms with Gasteiger partial charge in [-0.2, -0.15) is 10.5 Å². The summed E-state index contributed by atoms with van der Waals surface area (Å²) in [5.41, 5.74) is 6.93. The Morgan fingerprint density at radius 1 is 0.969 bits per heavy atom. The number of rotatable bonds is 4. The number of allylic oxidation sites excluding steroid dienone is 4. The van der Waals surface area contributed by atoms with Crippen LogP contribution >= 0.6 is 0 Å². The van der Waals surface area contributed by atoms with E-state index in [0.717, 1.165) is 33.9 Å². The van der Waals surface area contributed by atoms with Gasteiger partial charge in [0.1, 0.15) is 12.1 Å². The van der Waals surface area contributed by atoms with Gasteiger partial charge < -0.3 is 4.57 Å². The van der Waals surface area contributed by atoms with Crippen LogP contribution in [0.25, 0.3) is 22.7 Å². The quantitative estimate of drug-likeness (QED) is 0.486. The fourth-order valence-corrected chi connectivity index (χ4v) is 3.94. The Balaban J connectivity index is 1.83. The van der Waals surface area contributed by atoms with Gasteiger partial charge in [-0.15, -0.1) is 0 Å². The highest BCUT2D eigenvalue weighted by molar-refractivity contribution is 6.13. The molecule has 0 bridgehead atoms. The van der Waals surface area contributed by atoms with Crippen LogP contribution in [0, 0.1) is 29.6 Å². The van der Waals surface area contributed by atoms with Gasteiger partial charge in [0, 0.05) is 28.9 Å². The molecule has 1 aliphatic heterocycles. The molecule has 0 amide bonds. The van der Waals surface area contributed by atoms with Crippen molar-refractivity contribution in [2.24, 2.45) is 9.98 Å². The lowest BCUT2D eigenvalue weighted by Crippen LogP contribution is -2.06. The first kappa shape index (κ1) is 20.8. The summed E-state index contributed by atoms with van der Waals surface area (Å²) in [6, 6.07) is 20.4. The number of hydrogen-bond donors (Lipinski definition) is 0. The zero-order valence-electron chi connectivity index (χ0n) is 18.0. The lowest BCUT2D eigenvalue weighted by Gasteiger charge is -2.11. The highest BCUT2D eigenvalue weighted by Crippen LogP contribution is 2.30. The van der Waals surface area contributed by atoms with Crippen LogP contribution in [0.5, 0.6) is 0 Å². The lowest BCUT2D eigenvalue weighted by atomic mass is 10.0. The molecule has 0 radical (unpaired) electrons. The molecule has 0 fully saturated rings. The minimum atomic E-state index is 0.0484. The Labute approximate surface area is 187 Å². The van der Waals surface area contributed by atoms with E-state index in [2.05, 4.69) is 46.3 Å². The van der Waals surface area contributed by atoms with Crippen LogP contribution in [-0.4, -0.2) is 16.0 Å². The van der Waals surface area contributed by atoms with E-state index in [0.29, 0.717) is 6.42 Å². The van der Waals surface area contributed by atoms with Crippen molar-refractivity contribution >= 4 is 28.4 Å². The first-order chi connectivity index (χ1) is 15.6. The normalized spacial score (nSPS) is 14.0. The molecule has 5 heteroatoms. The van der Waals surface area contributed by atoms with E-state index in [1.54, 1.807) is 6.08 Å². The van der Waals surface area contributed by atoms with Crippen molar-refractivity contribution in [3.63, 3.8) is 0 Å². The molecule has 0 unspecified atom stereocenters. The molecule has 0 saturated heterocycles. The van der Waals surface area contributed by atoms with Crippen molar-refractivity contribution in [1.82, 2.24) is 4.57 Å². The van der Waals surface area contributed by atoms with Crippen molar-refractivity contribution in [3.05, 3.63) is 95.5 Å². The average molecular weight is 416 g/mol. The van der Waals surface area contributed by atoms with Crippen molar-refractivity contribution in [2.75, 3.05) is 0 Å². The van der Waals surface area contributed by atoms with Gasteiger partial charge in [-0.25, -0.2) is 9.98 Å². The molecule has 0 N–H and O–H groups in total. The van der Waals surface area contributed by atoms with E-state index in [1.165, 1.54) is 10.9 Å². The Morgan fingerprint density at radius 3 is 2.34 bits per heavy atom. The van der Waals surface area contributed by atoms with Crippen LogP contribution in [0.4, 0.5) is 0 Å². The number of fused-ring (bicyclic) bond motifs is 1. The zero-order chi connectivity index (χ0) is 22.7. The van der Waals surface area contributed by atoms with E-state index in [4.69, 9.17) is 0 Å². The number of hydrogen-bond acceptors (Lipinski definition) is 4. The Bertz CT molecular complexity index is 1430. The van der Waals surface area contributed by atoms with Crippen LogP contribution in [0.1, 0.15) is 30.2 Å². The summed E-state index contributed by atoms with van der Waals surface area (Å²) in [7, 11) is 0. The van der Waals surface area contributed by atoms with Gasteiger partial charge >= 0.3 is 0 Å². The summed E-state index contributed by atoms with van der Waals surface area (Å²) in [6.45, 7) is 7.77. The van der Waals surface area contributed by atoms with E-state index in [1.807, 2.05) is 61.5 Å². The van der Waals surface area contributed by atoms with Gasteiger partial charge in [0.15, 0.2) is 11.4 Å². The Morgan fingerprint density at radius 2 is 1.66 bits per heavy atom. The summed E-state index contributed by atoms with van der Waals surface area (Å²) >= 11 is 0. The predicted octanol–water partition coefficient (Wildman–Crippen LogP) is 6.05. The first-order valence-corrected chi connectivity index (χ1v) is 10.2. The second-order valence-corrected chi connectivity index (χ2v) is 7.51. The number of nitrogens with zero attached hydrogens (tertiary/aromatic N) is 5. The van der Waals surface area contributed by atoms with E-state index in [9.17, 15) is 10.5 Å². The molecule has 5 nitrogen and oxygen atoms in total. The second kappa shape index (κ2) is 8.71. The smallest absolute Gasteiger partial charge is 0.177 e. The fraction of sp³-hybridized carbons (Fsp3) is 0.111. The van der Waals surface area contributed by atoms with Gasteiger partial charge in [0.05, 0.1) is 11.2 Å². The number of aliphatic imine (C=N–C) groups is 2. The van der Waals surface area contributed by atoms with E-state index < -0.39 is 0 Å². The van der Waals surface area contributed by atoms with Crippen LogP contribution < -0.4 is 0 Å². The summed E-state index contributed by atoms with van der Waals surface area (Å²) in [5.74, 6) is 0. The van der Waals surface area contributed by atoms with Crippen molar-refractivity contribution in [3.8, 4) is 17.8 Å². The third-order valence-corrected chi connectivity index (χ3v) is 5.43. The number of aromatic nitrogens is 1. The Kier molecular flexibility index (Phi) is 5.66. The molecule has 0 spiro atoms. The lowest BCUT2D eigenvalue weighted by molar-refractivity contribution is 1.10. The predicted molar refractivity (Wildman–Crippen MR) is 130 cm³/mol. The minimum absolute atomic E-state index is 0.0484. The number of aryl methyl sites for hydroxylation is 1. The Hall–Kier alpha value is -4.48. The van der Waals surface area contributed by atoms with Crippen LogP contribution in [0.15, 0.2) is 88.6 Å². The van der Waals surface area contributed by atoms with Gasteiger partial charge in [-0.1, -0.05) is 49.1 Å². The van der Waals surface area contributed by atoms with Crippen LogP contribution in [0.2, 0.25) is 0 Å². The van der Waals surface area contributed by atoms with Gasteiger partial charge in [-0.3, -0.25) is 0 Å². The third kappa shape index (κ3) is 3.69. The zero-order valence-corrected chi connectivity index (χ0v) is 18.0. The average Bonchev–Trinajstić information content (AvgIpc) is 2.98. The number of para-hydroxylation sites is 1. The maximum atomic E-state index is 9.41. The van der Waals surface area contributed by atoms with Gasteiger partial charge in [0.2, 0.25) is 0 Å². The molecule has 0 atom stereocenters. The topological polar surface area (TPSA) is 77.2 Å². The molecule has 4 rings (SSSR count). The van der Waals surface area contributed by atoms with E-state index in [-0.39, 0.29) is 11.4 Å². The molecule has 32 heavy (non-hydrogen) atoms. The van der Waals surface area contributed by atoms with Crippen LogP contribution in [0.3, 0.4) is 0 Å². The summed E-state index contributed by atoms with van der Waals surface area (Å²) < 4.78 is 2.23. The molecule has 1 aliphatic rings. The van der Waals surface area contributed by atoms with Crippen molar-refractivity contribution in [2.45, 2.75) is 20.3 Å². The molecule has 1 aromatic heterocycles. The summed E-state index contributed by atoms with van der Waals surface area (Å²) in [6.07, 6.45) is 6.26. The van der Waals surface area contributed by atoms with Gasteiger partial charge in [-0.05, 0) is 49.2 Å².